The number of rotatable bonds is 4. The zero-order valence-electron chi connectivity index (χ0n) is 8.88. The lowest BCUT2D eigenvalue weighted by molar-refractivity contribution is 0.634. The van der Waals surface area contributed by atoms with E-state index < -0.39 is 0 Å². The molecule has 13 heavy (non-hydrogen) atoms. The average molecular weight is 177 g/mol. The van der Waals surface area contributed by atoms with E-state index in [0.29, 0.717) is 5.92 Å². The van der Waals surface area contributed by atoms with Gasteiger partial charge in [-0.25, -0.2) is 0 Å². The van der Waals surface area contributed by atoms with Crippen LogP contribution in [0.2, 0.25) is 0 Å². The van der Waals surface area contributed by atoms with Crippen LogP contribution in [-0.4, -0.2) is 4.98 Å². The predicted octanol–water partition coefficient (Wildman–Crippen LogP) is 3.23. The molecule has 0 amide bonds. The van der Waals surface area contributed by atoms with Crippen molar-refractivity contribution in [3.8, 4) is 0 Å². The van der Waals surface area contributed by atoms with Crippen molar-refractivity contribution in [2.45, 2.75) is 40.0 Å². The van der Waals surface area contributed by atoms with Crippen molar-refractivity contribution < 1.29 is 0 Å². The van der Waals surface area contributed by atoms with Crippen LogP contribution in [0.15, 0.2) is 18.3 Å². The Balaban J connectivity index is 2.59. The van der Waals surface area contributed by atoms with Crippen molar-refractivity contribution in [2.24, 2.45) is 5.92 Å². The minimum atomic E-state index is 0.699. The van der Waals surface area contributed by atoms with Crippen molar-refractivity contribution in [1.82, 2.24) is 4.98 Å². The fourth-order valence-electron chi connectivity index (χ4n) is 1.43. The number of hydrogen-bond donors (Lipinski definition) is 0. The molecular formula is C12H19N. The number of hydrogen-bond acceptors (Lipinski definition) is 1. The van der Waals surface area contributed by atoms with Crippen molar-refractivity contribution in [3.63, 3.8) is 0 Å². The Morgan fingerprint density at radius 1 is 1.31 bits per heavy atom. The molecule has 0 aromatic carbocycles. The Labute approximate surface area is 81.2 Å². The Morgan fingerprint density at radius 2 is 2.08 bits per heavy atom. The van der Waals surface area contributed by atoms with Crippen LogP contribution in [0.5, 0.6) is 0 Å². The van der Waals surface area contributed by atoms with E-state index in [1.54, 1.807) is 0 Å². The van der Waals surface area contributed by atoms with Gasteiger partial charge in [0.2, 0.25) is 0 Å². The summed E-state index contributed by atoms with van der Waals surface area (Å²) in [6.45, 7) is 6.64. The van der Waals surface area contributed by atoms with Gasteiger partial charge in [0.1, 0.15) is 0 Å². The summed E-state index contributed by atoms with van der Waals surface area (Å²) in [4.78, 5) is 4.44. The molecule has 1 aromatic rings. The first-order valence-electron chi connectivity index (χ1n) is 5.16. The highest BCUT2D eigenvalue weighted by Crippen LogP contribution is 2.07. The minimum Gasteiger partial charge on any atom is -0.261 e. The standard InChI is InChI=1S/C12H19N/c1-4-5-11-6-7-12(13-9-11)8-10(2)3/h6-7,9-10H,4-5,8H2,1-3H3. The monoisotopic (exact) mass is 177 g/mol. The van der Waals surface area contributed by atoms with Crippen LogP contribution in [0.25, 0.3) is 0 Å². The van der Waals surface area contributed by atoms with Crippen molar-refractivity contribution in [2.75, 3.05) is 0 Å². The maximum absolute atomic E-state index is 4.44. The van der Waals surface area contributed by atoms with E-state index in [1.165, 1.54) is 17.7 Å². The first-order chi connectivity index (χ1) is 6.22. The molecular weight excluding hydrogens is 158 g/mol. The van der Waals surface area contributed by atoms with Gasteiger partial charge in [-0.3, -0.25) is 4.98 Å². The molecule has 1 nitrogen and oxygen atoms in total. The minimum absolute atomic E-state index is 0.699. The molecule has 0 saturated heterocycles. The lowest BCUT2D eigenvalue weighted by Gasteiger charge is -2.04. The lowest BCUT2D eigenvalue weighted by Crippen LogP contribution is -1.97. The highest BCUT2D eigenvalue weighted by molar-refractivity contribution is 5.14. The topological polar surface area (TPSA) is 12.9 Å². The molecule has 0 aliphatic rings. The van der Waals surface area contributed by atoms with Gasteiger partial charge in [0.05, 0.1) is 0 Å². The average Bonchev–Trinajstić information content (AvgIpc) is 2.08. The summed E-state index contributed by atoms with van der Waals surface area (Å²) >= 11 is 0. The lowest BCUT2D eigenvalue weighted by atomic mass is 10.1. The van der Waals surface area contributed by atoms with E-state index in [-0.39, 0.29) is 0 Å². The van der Waals surface area contributed by atoms with Gasteiger partial charge in [-0.05, 0) is 30.4 Å². The van der Waals surface area contributed by atoms with Gasteiger partial charge < -0.3 is 0 Å². The molecule has 72 valence electrons. The van der Waals surface area contributed by atoms with E-state index in [1.807, 2.05) is 6.20 Å². The fourth-order valence-corrected chi connectivity index (χ4v) is 1.43. The zero-order chi connectivity index (χ0) is 9.68. The third kappa shape index (κ3) is 3.58. The normalized spacial score (nSPS) is 10.8. The summed E-state index contributed by atoms with van der Waals surface area (Å²) in [6, 6.07) is 4.36. The maximum atomic E-state index is 4.44. The second-order valence-electron chi connectivity index (χ2n) is 4.01. The smallest absolute Gasteiger partial charge is 0.0406 e. The Hall–Kier alpha value is -0.850. The molecule has 0 fully saturated rings. The number of aromatic nitrogens is 1. The van der Waals surface area contributed by atoms with Crippen LogP contribution in [0.1, 0.15) is 38.4 Å². The summed E-state index contributed by atoms with van der Waals surface area (Å²) in [5, 5.41) is 0. The molecule has 1 heterocycles. The number of aryl methyl sites for hydroxylation is 1. The summed E-state index contributed by atoms with van der Waals surface area (Å²) in [6.07, 6.45) is 5.45. The van der Waals surface area contributed by atoms with Gasteiger partial charge >= 0.3 is 0 Å². The highest BCUT2D eigenvalue weighted by atomic mass is 14.7. The Bertz CT molecular complexity index is 236. The fraction of sp³-hybridized carbons (Fsp3) is 0.583. The largest absolute Gasteiger partial charge is 0.261 e. The van der Waals surface area contributed by atoms with Gasteiger partial charge in [-0.15, -0.1) is 0 Å². The van der Waals surface area contributed by atoms with Gasteiger partial charge in [-0.2, -0.15) is 0 Å². The molecule has 0 saturated carbocycles. The molecule has 1 heteroatoms. The first-order valence-corrected chi connectivity index (χ1v) is 5.16. The summed E-state index contributed by atoms with van der Waals surface area (Å²) < 4.78 is 0. The molecule has 0 aliphatic carbocycles. The molecule has 0 aliphatic heterocycles. The first kappa shape index (κ1) is 10.2. The Morgan fingerprint density at radius 3 is 2.54 bits per heavy atom. The van der Waals surface area contributed by atoms with Crippen LogP contribution in [0, 0.1) is 5.92 Å². The third-order valence-corrected chi connectivity index (χ3v) is 2.04. The van der Waals surface area contributed by atoms with Crippen LogP contribution in [-0.2, 0) is 12.8 Å². The van der Waals surface area contributed by atoms with E-state index in [2.05, 4.69) is 37.9 Å². The maximum Gasteiger partial charge on any atom is 0.0406 e. The molecule has 0 unspecified atom stereocenters. The molecule has 0 N–H and O–H groups in total. The quantitative estimate of drug-likeness (QED) is 0.688. The van der Waals surface area contributed by atoms with Crippen LogP contribution < -0.4 is 0 Å². The molecule has 0 spiro atoms. The number of pyridine rings is 1. The van der Waals surface area contributed by atoms with Crippen molar-refractivity contribution >= 4 is 0 Å². The Kier molecular flexibility index (Phi) is 3.94. The van der Waals surface area contributed by atoms with Crippen LogP contribution in [0.3, 0.4) is 0 Å². The van der Waals surface area contributed by atoms with Crippen molar-refractivity contribution in [1.29, 1.82) is 0 Å². The van der Waals surface area contributed by atoms with Gasteiger partial charge in [0, 0.05) is 11.9 Å². The van der Waals surface area contributed by atoms with Gasteiger partial charge in [0.15, 0.2) is 0 Å². The summed E-state index contributed by atoms with van der Waals surface area (Å²) in [5.41, 5.74) is 2.57. The second kappa shape index (κ2) is 5.00. The van der Waals surface area contributed by atoms with Crippen LogP contribution in [0.4, 0.5) is 0 Å². The predicted molar refractivity (Wildman–Crippen MR) is 56.8 cm³/mol. The highest BCUT2D eigenvalue weighted by Gasteiger charge is 1.98. The summed E-state index contributed by atoms with van der Waals surface area (Å²) in [5.74, 6) is 0.699. The van der Waals surface area contributed by atoms with Crippen LogP contribution >= 0.6 is 0 Å². The van der Waals surface area contributed by atoms with E-state index >= 15 is 0 Å². The van der Waals surface area contributed by atoms with Gasteiger partial charge in [0.25, 0.3) is 0 Å². The van der Waals surface area contributed by atoms with E-state index in [9.17, 15) is 0 Å². The van der Waals surface area contributed by atoms with Crippen molar-refractivity contribution in [3.05, 3.63) is 29.6 Å². The van der Waals surface area contributed by atoms with Gasteiger partial charge in [-0.1, -0.05) is 33.3 Å². The SMILES string of the molecule is CCCc1ccc(CC(C)C)nc1. The third-order valence-electron chi connectivity index (χ3n) is 2.04. The number of nitrogens with zero attached hydrogens (tertiary/aromatic N) is 1. The van der Waals surface area contributed by atoms with E-state index in [4.69, 9.17) is 0 Å². The zero-order valence-corrected chi connectivity index (χ0v) is 8.88. The molecule has 0 atom stereocenters. The molecule has 1 aromatic heterocycles. The molecule has 0 bridgehead atoms. The molecule has 1 rings (SSSR count). The molecule has 0 radical (unpaired) electrons. The summed E-state index contributed by atoms with van der Waals surface area (Å²) in [7, 11) is 0. The van der Waals surface area contributed by atoms with E-state index in [0.717, 1.165) is 12.8 Å². The second-order valence-corrected chi connectivity index (χ2v) is 4.01.